The van der Waals surface area contributed by atoms with Gasteiger partial charge in [-0.1, -0.05) is 12.1 Å². The van der Waals surface area contributed by atoms with Gasteiger partial charge >= 0.3 is 0 Å². The van der Waals surface area contributed by atoms with Crippen molar-refractivity contribution in [1.29, 1.82) is 0 Å². The van der Waals surface area contributed by atoms with Crippen LogP contribution < -0.4 is 20.5 Å². The molecule has 1 fully saturated rings. The first kappa shape index (κ1) is 17.9. The number of carbonyl (C=O) groups is 1. The molecule has 2 heterocycles. The van der Waals surface area contributed by atoms with Crippen LogP contribution >= 0.6 is 0 Å². The lowest BCUT2D eigenvalue weighted by Gasteiger charge is -2.30. The van der Waals surface area contributed by atoms with Gasteiger partial charge < -0.3 is 19.7 Å². The van der Waals surface area contributed by atoms with Gasteiger partial charge in [-0.3, -0.25) is 9.59 Å². The number of hydrogen-bond acceptors (Lipinski definition) is 6. The summed E-state index contributed by atoms with van der Waals surface area (Å²) in [5, 5.41) is 6.96. The van der Waals surface area contributed by atoms with E-state index >= 15 is 0 Å². The second-order valence-corrected chi connectivity index (χ2v) is 5.78. The molecule has 3 rings (SSSR count). The largest absolute Gasteiger partial charge is 0.496 e. The minimum atomic E-state index is -0.354. The summed E-state index contributed by atoms with van der Waals surface area (Å²) in [6, 6.07) is 6.93. The molecule has 1 N–H and O–H groups in total. The summed E-state index contributed by atoms with van der Waals surface area (Å²) in [5.74, 6) is 0.111. The van der Waals surface area contributed by atoms with Gasteiger partial charge in [0.2, 0.25) is 0 Å². The van der Waals surface area contributed by atoms with Crippen molar-refractivity contribution >= 4 is 17.3 Å². The Bertz CT molecular complexity index is 843. The third kappa shape index (κ3) is 3.55. The van der Waals surface area contributed by atoms with Gasteiger partial charge in [0, 0.05) is 19.6 Å². The molecule has 0 unspecified atom stereocenters. The Labute approximate surface area is 151 Å². The second kappa shape index (κ2) is 8.01. The number of carbonyl (C=O) groups excluding carboxylic acids is 1. The fraction of sp³-hybridized carbons (Fsp3) is 0.389. The standard InChI is InChI=1S/C18H22N4O4/c1-3-22-18(24)16(21-8-10-26-11-9-21)14(12-19-22)20-17(23)13-6-4-5-7-15(13)25-2/h4-7,12H,3,8-11H2,1-2H3,(H,20,23). The first-order valence-electron chi connectivity index (χ1n) is 8.53. The minimum absolute atomic E-state index is 0.229. The van der Waals surface area contributed by atoms with E-state index < -0.39 is 0 Å². The lowest BCUT2D eigenvalue weighted by molar-refractivity contribution is 0.102. The molecule has 8 heteroatoms. The lowest BCUT2D eigenvalue weighted by atomic mass is 10.2. The molecule has 1 amide bonds. The van der Waals surface area contributed by atoms with Crippen LogP contribution in [-0.2, 0) is 11.3 Å². The maximum absolute atomic E-state index is 12.8. The number of rotatable bonds is 5. The van der Waals surface area contributed by atoms with Gasteiger partial charge in [0.15, 0.2) is 0 Å². The molecule has 0 bridgehead atoms. The zero-order chi connectivity index (χ0) is 18.5. The number of nitrogens with one attached hydrogen (secondary N) is 1. The van der Waals surface area contributed by atoms with Crippen molar-refractivity contribution in [1.82, 2.24) is 9.78 Å². The van der Waals surface area contributed by atoms with E-state index in [4.69, 9.17) is 9.47 Å². The zero-order valence-electron chi connectivity index (χ0n) is 14.9. The van der Waals surface area contributed by atoms with Gasteiger partial charge in [0.1, 0.15) is 11.4 Å². The molecule has 138 valence electrons. The molecule has 1 aliphatic heterocycles. The van der Waals surface area contributed by atoms with E-state index in [1.807, 2.05) is 11.8 Å². The Morgan fingerprint density at radius 2 is 2.04 bits per heavy atom. The highest BCUT2D eigenvalue weighted by Crippen LogP contribution is 2.24. The first-order valence-corrected chi connectivity index (χ1v) is 8.53. The molecule has 26 heavy (non-hydrogen) atoms. The fourth-order valence-corrected chi connectivity index (χ4v) is 2.91. The molecule has 1 aromatic heterocycles. The van der Waals surface area contributed by atoms with Crippen molar-refractivity contribution in [2.75, 3.05) is 43.6 Å². The number of hydrogen-bond donors (Lipinski definition) is 1. The minimum Gasteiger partial charge on any atom is -0.496 e. The number of aromatic nitrogens is 2. The number of morpholine rings is 1. The maximum atomic E-state index is 12.8. The fourth-order valence-electron chi connectivity index (χ4n) is 2.91. The number of ether oxygens (including phenoxy) is 2. The van der Waals surface area contributed by atoms with Crippen LogP contribution in [0.1, 0.15) is 17.3 Å². The van der Waals surface area contributed by atoms with Crippen LogP contribution in [0.15, 0.2) is 35.3 Å². The SMILES string of the molecule is CCn1ncc(NC(=O)c2ccccc2OC)c(N2CCOCC2)c1=O. The van der Waals surface area contributed by atoms with Crippen molar-refractivity contribution in [3.8, 4) is 5.75 Å². The summed E-state index contributed by atoms with van der Waals surface area (Å²) in [7, 11) is 1.51. The first-order chi connectivity index (χ1) is 12.7. The van der Waals surface area contributed by atoms with Crippen molar-refractivity contribution < 1.29 is 14.3 Å². The summed E-state index contributed by atoms with van der Waals surface area (Å²) in [5.41, 5.74) is 0.987. The number of amides is 1. The predicted octanol–water partition coefficient (Wildman–Crippen LogP) is 1.36. The number of para-hydroxylation sites is 1. The third-order valence-corrected chi connectivity index (χ3v) is 4.24. The van der Waals surface area contributed by atoms with Crippen LogP contribution in [0.2, 0.25) is 0 Å². The van der Waals surface area contributed by atoms with Crippen molar-refractivity contribution in [3.05, 3.63) is 46.4 Å². The van der Waals surface area contributed by atoms with Gasteiger partial charge in [0.05, 0.1) is 37.8 Å². The van der Waals surface area contributed by atoms with E-state index in [0.717, 1.165) is 0 Å². The molecule has 1 aliphatic rings. The Hall–Kier alpha value is -2.87. The average molecular weight is 358 g/mol. The van der Waals surface area contributed by atoms with Gasteiger partial charge in [-0.15, -0.1) is 0 Å². The van der Waals surface area contributed by atoms with E-state index in [0.29, 0.717) is 55.5 Å². The van der Waals surface area contributed by atoms with Crippen LogP contribution in [0.5, 0.6) is 5.75 Å². The van der Waals surface area contributed by atoms with Crippen LogP contribution in [-0.4, -0.2) is 49.1 Å². The lowest BCUT2D eigenvalue weighted by Crippen LogP contribution is -2.41. The number of anilines is 2. The highest BCUT2D eigenvalue weighted by molar-refractivity contribution is 6.07. The molecule has 0 atom stereocenters. The number of nitrogens with zero attached hydrogens (tertiary/aromatic N) is 3. The van der Waals surface area contributed by atoms with E-state index in [1.54, 1.807) is 24.3 Å². The molecule has 0 aliphatic carbocycles. The molecule has 0 saturated carbocycles. The van der Waals surface area contributed by atoms with Gasteiger partial charge in [0.25, 0.3) is 11.5 Å². The Morgan fingerprint density at radius 1 is 1.31 bits per heavy atom. The molecule has 0 spiro atoms. The van der Waals surface area contributed by atoms with Crippen LogP contribution in [0.4, 0.5) is 11.4 Å². The molecule has 1 saturated heterocycles. The maximum Gasteiger partial charge on any atom is 0.292 e. The van der Waals surface area contributed by atoms with Crippen LogP contribution in [0.25, 0.3) is 0 Å². The van der Waals surface area contributed by atoms with Crippen LogP contribution in [0, 0.1) is 0 Å². The monoisotopic (exact) mass is 358 g/mol. The normalized spacial score (nSPS) is 14.2. The van der Waals surface area contributed by atoms with E-state index in [-0.39, 0.29) is 11.5 Å². The molecular formula is C18H22N4O4. The van der Waals surface area contributed by atoms with E-state index in [9.17, 15) is 9.59 Å². The van der Waals surface area contributed by atoms with Crippen molar-refractivity contribution in [3.63, 3.8) is 0 Å². The van der Waals surface area contributed by atoms with E-state index in [2.05, 4.69) is 10.4 Å². The second-order valence-electron chi connectivity index (χ2n) is 5.78. The van der Waals surface area contributed by atoms with E-state index in [1.165, 1.54) is 18.0 Å². The summed E-state index contributed by atoms with van der Waals surface area (Å²) in [6.07, 6.45) is 1.52. The highest BCUT2D eigenvalue weighted by atomic mass is 16.5. The topological polar surface area (TPSA) is 85.7 Å². The predicted molar refractivity (Wildman–Crippen MR) is 98.2 cm³/mol. The van der Waals surface area contributed by atoms with Crippen molar-refractivity contribution in [2.24, 2.45) is 0 Å². The molecule has 1 aromatic carbocycles. The van der Waals surface area contributed by atoms with Gasteiger partial charge in [-0.2, -0.15) is 5.10 Å². The average Bonchev–Trinajstić information content (AvgIpc) is 2.69. The smallest absolute Gasteiger partial charge is 0.292 e. The molecular weight excluding hydrogens is 336 g/mol. The molecule has 8 nitrogen and oxygen atoms in total. The molecule has 2 aromatic rings. The summed E-state index contributed by atoms with van der Waals surface area (Å²) in [6.45, 7) is 4.55. The van der Waals surface area contributed by atoms with Gasteiger partial charge in [-0.25, -0.2) is 4.68 Å². The number of aryl methyl sites for hydroxylation is 1. The van der Waals surface area contributed by atoms with Gasteiger partial charge in [-0.05, 0) is 19.1 Å². The highest BCUT2D eigenvalue weighted by Gasteiger charge is 2.22. The number of benzene rings is 1. The quantitative estimate of drug-likeness (QED) is 0.869. The Balaban J connectivity index is 1.97. The van der Waals surface area contributed by atoms with Crippen LogP contribution in [0.3, 0.4) is 0 Å². The molecule has 0 radical (unpaired) electrons. The number of methoxy groups -OCH3 is 1. The third-order valence-electron chi connectivity index (χ3n) is 4.24. The summed E-state index contributed by atoms with van der Waals surface area (Å²) in [4.78, 5) is 27.5. The zero-order valence-corrected chi connectivity index (χ0v) is 14.9. The Kier molecular flexibility index (Phi) is 5.52. The summed E-state index contributed by atoms with van der Waals surface area (Å²) >= 11 is 0. The summed E-state index contributed by atoms with van der Waals surface area (Å²) < 4.78 is 12.0. The Morgan fingerprint density at radius 3 is 2.73 bits per heavy atom. The van der Waals surface area contributed by atoms with Crippen molar-refractivity contribution in [2.45, 2.75) is 13.5 Å².